The molecular formula is C18H16O3S. The normalized spacial score (nSPS) is 18.8. The van der Waals surface area contributed by atoms with Gasteiger partial charge in [0.1, 0.15) is 0 Å². The van der Waals surface area contributed by atoms with Crippen LogP contribution in [0.5, 0.6) is 0 Å². The molecule has 0 unspecified atom stereocenters. The van der Waals surface area contributed by atoms with Gasteiger partial charge in [-0.3, -0.25) is 4.79 Å². The summed E-state index contributed by atoms with van der Waals surface area (Å²) >= 11 is 0. The van der Waals surface area contributed by atoms with E-state index in [0.29, 0.717) is 5.57 Å². The number of aryl methyl sites for hydroxylation is 1. The van der Waals surface area contributed by atoms with E-state index in [2.05, 4.69) is 0 Å². The molecule has 0 fully saturated rings. The fourth-order valence-electron chi connectivity index (χ4n) is 2.67. The Kier molecular flexibility index (Phi) is 3.71. The van der Waals surface area contributed by atoms with Crippen molar-refractivity contribution in [3.05, 3.63) is 70.8 Å². The van der Waals surface area contributed by atoms with Crippen LogP contribution in [-0.2, 0) is 9.84 Å². The van der Waals surface area contributed by atoms with Gasteiger partial charge in [0.2, 0.25) is 0 Å². The van der Waals surface area contributed by atoms with Crippen molar-refractivity contribution in [2.75, 3.05) is 5.75 Å². The highest BCUT2D eigenvalue weighted by Gasteiger charge is 2.28. The highest BCUT2D eigenvalue weighted by atomic mass is 32.2. The topological polar surface area (TPSA) is 51.2 Å². The molecule has 0 saturated heterocycles. The third-order valence-electron chi connectivity index (χ3n) is 3.78. The van der Waals surface area contributed by atoms with Crippen molar-refractivity contribution in [2.45, 2.75) is 18.2 Å². The lowest BCUT2D eigenvalue weighted by molar-refractivity contribution is 0.103. The molecule has 1 aliphatic heterocycles. The molecule has 3 nitrogen and oxygen atoms in total. The molecule has 0 saturated carbocycles. The zero-order chi connectivity index (χ0) is 15.7. The SMILES string of the molecule is Cc1cccc(/C=C2/CCS(=O)(=O)c3ccccc3C2=O)c1. The van der Waals surface area contributed by atoms with Crippen molar-refractivity contribution in [1.29, 1.82) is 0 Å². The van der Waals surface area contributed by atoms with E-state index < -0.39 is 9.84 Å². The summed E-state index contributed by atoms with van der Waals surface area (Å²) in [7, 11) is -3.41. The lowest BCUT2D eigenvalue weighted by Gasteiger charge is -2.04. The van der Waals surface area contributed by atoms with Gasteiger partial charge in [0.25, 0.3) is 0 Å². The number of allylic oxidation sites excluding steroid dienone is 1. The molecule has 0 bridgehead atoms. The maximum absolute atomic E-state index is 12.7. The van der Waals surface area contributed by atoms with E-state index in [0.717, 1.165) is 11.1 Å². The second-order valence-electron chi connectivity index (χ2n) is 5.48. The standard InChI is InChI=1S/C18H16O3S/c1-13-5-4-6-14(11-13)12-15-9-10-22(20,21)17-8-3-2-7-16(17)18(15)19/h2-8,11-12H,9-10H2,1H3/b15-12-. The van der Waals surface area contributed by atoms with E-state index in [4.69, 9.17) is 0 Å². The summed E-state index contributed by atoms with van der Waals surface area (Å²) < 4.78 is 24.6. The Bertz CT molecular complexity index is 877. The number of rotatable bonds is 1. The molecule has 0 aliphatic carbocycles. The predicted molar refractivity (Wildman–Crippen MR) is 86.6 cm³/mol. The molecule has 3 rings (SSSR count). The molecular weight excluding hydrogens is 296 g/mol. The fourth-order valence-corrected chi connectivity index (χ4v) is 4.16. The number of hydrogen-bond donors (Lipinski definition) is 0. The molecule has 2 aromatic carbocycles. The number of benzene rings is 2. The summed E-state index contributed by atoms with van der Waals surface area (Å²) in [6.07, 6.45) is 2.04. The van der Waals surface area contributed by atoms with Crippen molar-refractivity contribution >= 4 is 21.7 Å². The minimum absolute atomic E-state index is 0.0343. The maximum Gasteiger partial charge on any atom is 0.190 e. The monoisotopic (exact) mass is 312 g/mol. The van der Waals surface area contributed by atoms with Crippen molar-refractivity contribution < 1.29 is 13.2 Å². The largest absolute Gasteiger partial charge is 0.289 e. The van der Waals surface area contributed by atoms with Gasteiger partial charge in [-0.05, 0) is 37.1 Å². The van der Waals surface area contributed by atoms with Crippen LogP contribution in [0.4, 0.5) is 0 Å². The van der Waals surface area contributed by atoms with E-state index in [1.165, 1.54) is 6.07 Å². The number of Topliss-reactive ketones (excluding diaryl/α,β-unsaturated/α-hetero) is 1. The van der Waals surface area contributed by atoms with Crippen LogP contribution in [0.25, 0.3) is 6.08 Å². The first-order chi connectivity index (χ1) is 10.5. The molecule has 2 aromatic rings. The minimum atomic E-state index is -3.41. The van der Waals surface area contributed by atoms with Crippen molar-refractivity contribution in [2.24, 2.45) is 0 Å². The lowest BCUT2D eigenvalue weighted by Crippen LogP contribution is -2.06. The van der Waals surface area contributed by atoms with Gasteiger partial charge >= 0.3 is 0 Å². The average Bonchev–Trinajstić information content (AvgIpc) is 2.59. The second-order valence-corrected chi connectivity index (χ2v) is 7.56. The molecule has 112 valence electrons. The molecule has 1 aliphatic rings. The van der Waals surface area contributed by atoms with Crippen LogP contribution >= 0.6 is 0 Å². The lowest BCUT2D eigenvalue weighted by atomic mass is 9.98. The van der Waals surface area contributed by atoms with Crippen LogP contribution in [0.1, 0.15) is 27.9 Å². The van der Waals surface area contributed by atoms with Crippen LogP contribution in [-0.4, -0.2) is 20.0 Å². The summed E-state index contributed by atoms with van der Waals surface area (Å²) in [5.41, 5.74) is 2.83. The van der Waals surface area contributed by atoms with Gasteiger partial charge in [-0.25, -0.2) is 8.42 Å². The van der Waals surface area contributed by atoms with E-state index in [-0.39, 0.29) is 28.4 Å². The van der Waals surface area contributed by atoms with Gasteiger partial charge in [0.05, 0.1) is 10.6 Å². The molecule has 0 radical (unpaired) electrons. The van der Waals surface area contributed by atoms with Crippen molar-refractivity contribution in [3.8, 4) is 0 Å². The van der Waals surface area contributed by atoms with Gasteiger partial charge in [0.15, 0.2) is 15.6 Å². The van der Waals surface area contributed by atoms with Crippen LogP contribution in [0, 0.1) is 6.92 Å². The molecule has 1 heterocycles. The predicted octanol–water partition coefficient (Wildman–Crippen LogP) is 3.44. The third-order valence-corrected chi connectivity index (χ3v) is 5.55. The first-order valence-electron chi connectivity index (χ1n) is 7.11. The first-order valence-corrected chi connectivity index (χ1v) is 8.76. The summed E-state index contributed by atoms with van der Waals surface area (Å²) in [6.45, 7) is 1.98. The quantitative estimate of drug-likeness (QED) is 0.758. The number of carbonyl (C=O) groups excluding carboxylic acids is 1. The van der Waals surface area contributed by atoms with Crippen LogP contribution in [0.3, 0.4) is 0 Å². The van der Waals surface area contributed by atoms with Crippen LogP contribution < -0.4 is 0 Å². The highest BCUT2D eigenvalue weighted by Crippen LogP contribution is 2.28. The van der Waals surface area contributed by atoms with E-state index in [9.17, 15) is 13.2 Å². The zero-order valence-corrected chi connectivity index (χ0v) is 13.1. The summed E-state index contributed by atoms with van der Waals surface area (Å²) in [5.74, 6) is -0.230. The van der Waals surface area contributed by atoms with Gasteiger partial charge in [-0.1, -0.05) is 42.0 Å². The zero-order valence-electron chi connectivity index (χ0n) is 12.2. The van der Waals surface area contributed by atoms with Gasteiger partial charge in [-0.15, -0.1) is 0 Å². The molecule has 0 atom stereocenters. The molecule has 22 heavy (non-hydrogen) atoms. The minimum Gasteiger partial charge on any atom is -0.289 e. The maximum atomic E-state index is 12.7. The molecule has 4 heteroatoms. The number of fused-ring (bicyclic) bond motifs is 1. The Morgan fingerprint density at radius 3 is 2.59 bits per heavy atom. The number of ketones is 1. The highest BCUT2D eigenvalue weighted by molar-refractivity contribution is 7.91. The van der Waals surface area contributed by atoms with E-state index in [1.54, 1.807) is 24.3 Å². The number of carbonyl (C=O) groups is 1. The van der Waals surface area contributed by atoms with Gasteiger partial charge in [-0.2, -0.15) is 0 Å². The van der Waals surface area contributed by atoms with E-state index in [1.807, 2.05) is 31.2 Å². The Balaban J connectivity index is 2.12. The van der Waals surface area contributed by atoms with E-state index >= 15 is 0 Å². The van der Waals surface area contributed by atoms with Gasteiger partial charge in [0, 0.05) is 11.1 Å². The molecule has 0 amide bonds. The number of hydrogen-bond acceptors (Lipinski definition) is 3. The van der Waals surface area contributed by atoms with Gasteiger partial charge < -0.3 is 0 Å². The van der Waals surface area contributed by atoms with Crippen LogP contribution in [0.15, 0.2) is 59.0 Å². The van der Waals surface area contributed by atoms with Crippen molar-refractivity contribution in [3.63, 3.8) is 0 Å². The Labute approximate surface area is 130 Å². The molecule has 0 spiro atoms. The van der Waals surface area contributed by atoms with Crippen molar-refractivity contribution in [1.82, 2.24) is 0 Å². The number of sulfone groups is 1. The summed E-state index contributed by atoms with van der Waals surface area (Å²) in [6, 6.07) is 14.2. The fraction of sp³-hybridized carbons (Fsp3) is 0.167. The first kappa shape index (κ1) is 14.7. The summed E-state index contributed by atoms with van der Waals surface area (Å²) in [5, 5.41) is 0. The second kappa shape index (κ2) is 5.54. The molecule has 0 aromatic heterocycles. The van der Waals surface area contributed by atoms with Crippen LogP contribution in [0.2, 0.25) is 0 Å². The Hall–Kier alpha value is -2.20. The third kappa shape index (κ3) is 2.74. The Morgan fingerprint density at radius 2 is 1.82 bits per heavy atom. The molecule has 0 N–H and O–H groups in total. The summed E-state index contributed by atoms with van der Waals surface area (Å²) in [4.78, 5) is 12.8. The smallest absolute Gasteiger partial charge is 0.190 e. The average molecular weight is 312 g/mol. The Morgan fingerprint density at radius 1 is 1.05 bits per heavy atom.